The van der Waals surface area contributed by atoms with E-state index in [9.17, 15) is 17.6 Å². The fourth-order valence-corrected chi connectivity index (χ4v) is 4.66. The largest absolute Gasteiger partial charge is 0.354 e. The number of aryl methyl sites for hydroxylation is 1. The number of allylic oxidation sites excluding steroid dienone is 1. The highest BCUT2D eigenvalue weighted by Crippen LogP contribution is 2.27. The number of carbonyl (C=O) groups is 1. The molecule has 1 aromatic heterocycles. The van der Waals surface area contributed by atoms with Crippen molar-refractivity contribution in [3.05, 3.63) is 57.6 Å². The van der Waals surface area contributed by atoms with Crippen molar-refractivity contribution in [2.24, 2.45) is 0 Å². The summed E-state index contributed by atoms with van der Waals surface area (Å²) in [6, 6.07) is 4.65. The minimum Gasteiger partial charge on any atom is -0.354 e. The number of nitrogens with one attached hydrogen (secondary N) is 1. The first-order valence-corrected chi connectivity index (χ1v) is 12.2. The summed E-state index contributed by atoms with van der Waals surface area (Å²) in [5.41, 5.74) is 5.22. The molecule has 1 heterocycles. The van der Waals surface area contributed by atoms with Crippen LogP contribution in [0.15, 0.2) is 35.0 Å². The molecular weight excluding hydrogens is 469 g/mol. The highest BCUT2D eigenvalue weighted by Gasteiger charge is 2.26. The van der Waals surface area contributed by atoms with Crippen molar-refractivity contribution in [1.29, 1.82) is 0 Å². The van der Waals surface area contributed by atoms with E-state index in [0.29, 0.717) is 16.8 Å². The summed E-state index contributed by atoms with van der Waals surface area (Å²) in [6.07, 6.45) is 1.60. The lowest BCUT2D eigenvalue weighted by Gasteiger charge is -2.21. The van der Waals surface area contributed by atoms with Crippen molar-refractivity contribution in [3.63, 3.8) is 0 Å². The van der Waals surface area contributed by atoms with E-state index in [-0.39, 0.29) is 41.0 Å². The van der Waals surface area contributed by atoms with E-state index in [4.69, 9.17) is 11.6 Å². The van der Waals surface area contributed by atoms with Crippen LogP contribution in [0.5, 0.6) is 0 Å². The molecule has 0 atom stereocenters. The van der Waals surface area contributed by atoms with Gasteiger partial charge in [-0.1, -0.05) is 17.7 Å². The molecule has 0 fully saturated rings. The zero-order chi connectivity index (χ0) is 25.1. The van der Waals surface area contributed by atoms with E-state index in [1.165, 1.54) is 30.9 Å². The Kier molecular flexibility index (Phi) is 8.45. The number of hydrogen-bond acceptors (Lipinski definition) is 4. The van der Waals surface area contributed by atoms with Crippen LogP contribution in [0.2, 0.25) is 5.02 Å². The van der Waals surface area contributed by atoms with Gasteiger partial charge in [-0.3, -0.25) is 9.48 Å². The summed E-state index contributed by atoms with van der Waals surface area (Å²) in [5, 5.41) is 7.39. The van der Waals surface area contributed by atoms with Crippen molar-refractivity contribution in [3.8, 4) is 0 Å². The average molecular weight is 501 g/mol. The summed E-state index contributed by atoms with van der Waals surface area (Å²) in [7, 11) is -0.834. The molecule has 11 heteroatoms. The average Bonchev–Trinajstić information content (AvgIpc) is 2.95. The smallest absolute Gasteiger partial charge is 0.270 e. The van der Waals surface area contributed by atoms with Crippen molar-refractivity contribution in [2.45, 2.75) is 51.1 Å². The van der Waals surface area contributed by atoms with Crippen LogP contribution in [-0.2, 0) is 23.0 Å². The second-order valence-corrected chi connectivity index (χ2v) is 11.5. The Morgan fingerprint density at radius 3 is 2.48 bits per heavy atom. The van der Waals surface area contributed by atoms with Gasteiger partial charge in [0, 0.05) is 37.7 Å². The van der Waals surface area contributed by atoms with E-state index in [1.807, 2.05) is 20.8 Å². The van der Waals surface area contributed by atoms with Crippen LogP contribution in [-0.4, -0.2) is 54.6 Å². The minimum absolute atomic E-state index is 0.00332. The maximum absolute atomic E-state index is 14.3. The number of hydrogen-bond donors (Lipinski definition) is 2. The Morgan fingerprint density at radius 2 is 1.97 bits per heavy atom. The predicted molar refractivity (Wildman–Crippen MR) is 126 cm³/mol. The number of nitrogens with zero attached hydrogens (tertiary/aromatic N) is 3. The second kappa shape index (κ2) is 10.3. The molecule has 0 aliphatic heterocycles. The van der Waals surface area contributed by atoms with Crippen molar-refractivity contribution in [1.82, 2.24) is 19.4 Å². The Labute approximate surface area is 199 Å². The first-order valence-electron chi connectivity index (χ1n) is 10.4. The van der Waals surface area contributed by atoms with Crippen LogP contribution >= 0.6 is 11.6 Å². The normalized spacial score (nSPS) is 13.0. The second-order valence-electron chi connectivity index (χ2n) is 8.94. The van der Waals surface area contributed by atoms with E-state index in [0.717, 1.165) is 4.31 Å². The zero-order valence-electron chi connectivity index (χ0n) is 19.9. The Hall–Kier alpha value is -2.27. The van der Waals surface area contributed by atoms with E-state index < -0.39 is 21.4 Å². The van der Waals surface area contributed by atoms with Crippen LogP contribution < -0.4 is 11.1 Å². The molecule has 2 rings (SSSR count). The van der Waals surface area contributed by atoms with Crippen LogP contribution in [0.3, 0.4) is 0 Å². The Bertz CT molecular complexity index is 1170. The number of halogens is 2. The monoisotopic (exact) mass is 500 g/mol. The number of sulfonamides is 1. The number of quaternary nitrogens is 1. The van der Waals surface area contributed by atoms with Gasteiger partial charge in [-0.05, 0) is 45.4 Å². The van der Waals surface area contributed by atoms with E-state index in [1.54, 1.807) is 19.1 Å². The number of carbonyl (C=O) groups excluding carboxylic acids is 1. The number of amides is 1. The van der Waals surface area contributed by atoms with Crippen LogP contribution in [0.4, 0.5) is 4.39 Å². The fraction of sp³-hybridized carbons (Fsp3) is 0.455. The molecule has 1 amide bonds. The fourth-order valence-electron chi connectivity index (χ4n) is 3.23. The highest BCUT2D eigenvalue weighted by molar-refractivity contribution is 7.89. The van der Waals surface area contributed by atoms with Gasteiger partial charge in [0.2, 0.25) is 10.0 Å². The van der Waals surface area contributed by atoms with E-state index >= 15 is 0 Å². The molecule has 0 aliphatic rings. The number of benzene rings is 1. The highest BCUT2D eigenvalue weighted by atomic mass is 35.5. The topological polar surface area (TPSA) is 112 Å². The molecule has 33 heavy (non-hydrogen) atoms. The van der Waals surface area contributed by atoms with Gasteiger partial charge < -0.3 is 11.1 Å². The van der Waals surface area contributed by atoms with Gasteiger partial charge in [0.05, 0.1) is 23.8 Å². The summed E-state index contributed by atoms with van der Waals surface area (Å²) in [6.45, 7) is 7.39. The molecule has 4 N–H and O–H groups in total. The summed E-state index contributed by atoms with van der Waals surface area (Å²) >= 11 is 6.29. The Balaban J connectivity index is 2.53. The number of aromatic nitrogens is 2. The third kappa shape index (κ3) is 6.63. The van der Waals surface area contributed by atoms with Gasteiger partial charge in [0.15, 0.2) is 0 Å². The molecule has 182 valence electrons. The first kappa shape index (κ1) is 27.0. The molecule has 1 aromatic carbocycles. The lowest BCUT2D eigenvalue weighted by atomic mass is 10.0. The summed E-state index contributed by atoms with van der Waals surface area (Å²) in [5.74, 6) is -0.816. The molecule has 0 unspecified atom stereocenters. The molecule has 0 aliphatic carbocycles. The molecule has 0 bridgehead atoms. The molecule has 8 nitrogen and oxygen atoms in total. The molecule has 0 saturated carbocycles. The lowest BCUT2D eigenvalue weighted by molar-refractivity contribution is -0.353. The standard InChI is InChI=1S/C22H31ClFN5O3S/c1-14-17(11-15-7-8-19(18(23)12-15)33(31,32)28(5)6)20(21(30)26-22(2,3)4)29(27-14)13-16(24)9-10-25/h7-9,12H,10-11,13,25H2,1-6H3,(H,26,30)/p+1. The summed E-state index contributed by atoms with van der Waals surface area (Å²) < 4.78 is 41.6. The summed E-state index contributed by atoms with van der Waals surface area (Å²) in [4.78, 5) is 13.1. The lowest BCUT2D eigenvalue weighted by Crippen LogP contribution is -2.49. The third-order valence-electron chi connectivity index (χ3n) is 4.76. The van der Waals surface area contributed by atoms with Crippen LogP contribution in [0.1, 0.15) is 48.1 Å². The molecule has 0 saturated heterocycles. The van der Waals surface area contributed by atoms with Gasteiger partial charge in [-0.2, -0.15) is 5.10 Å². The van der Waals surface area contributed by atoms with Gasteiger partial charge in [-0.15, -0.1) is 0 Å². The Morgan fingerprint density at radius 1 is 1.33 bits per heavy atom. The predicted octanol–water partition coefficient (Wildman–Crippen LogP) is 2.31. The van der Waals surface area contributed by atoms with Crippen molar-refractivity contribution in [2.75, 3.05) is 20.6 Å². The van der Waals surface area contributed by atoms with Crippen molar-refractivity contribution < 1.29 is 23.3 Å². The van der Waals surface area contributed by atoms with Crippen LogP contribution in [0, 0.1) is 6.92 Å². The molecule has 0 spiro atoms. The third-order valence-corrected chi connectivity index (χ3v) is 7.06. The first-order chi connectivity index (χ1) is 15.2. The van der Waals surface area contributed by atoms with Gasteiger partial charge >= 0.3 is 0 Å². The van der Waals surface area contributed by atoms with Crippen molar-refractivity contribution >= 4 is 27.5 Å². The van der Waals surface area contributed by atoms with Gasteiger partial charge in [0.25, 0.3) is 5.91 Å². The van der Waals surface area contributed by atoms with E-state index in [2.05, 4.69) is 16.1 Å². The molecular formula is C22H32ClFN5O3S+. The SMILES string of the molecule is Cc1nn(CC(F)=CC[NH3+])c(C(=O)NC(C)(C)C)c1Cc1ccc(S(=O)(=O)N(C)C)c(Cl)c1. The molecule has 0 radical (unpaired) electrons. The maximum Gasteiger partial charge on any atom is 0.270 e. The van der Waals surface area contributed by atoms with Crippen LogP contribution in [0.25, 0.3) is 0 Å². The molecule has 2 aromatic rings. The van der Waals surface area contributed by atoms with Gasteiger partial charge in [-0.25, -0.2) is 17.1 Å². The van der Waals surface area contributed by atoms with Gasteiger partial charge in [0.1, 0.15) is 16.4 Å². The maximum atomic E-state index is 14.3. The number of rotatable bonds is 8. The quantitative estimate of drug-likeness (QED) is 0.579. The zero-order valence-corrected chi connectivity index (χ0v) is 21.4. The minimum atomic E-state index is -3.69.